The molecule has 0 aromatic rings. The Morgan fingerprint density at radius 1 is 1.03 bits per heavy atom. The summed E-state index contributed by atoms with van der Waals surface area (Å²) in [4.78, 5) is 27.6. The Kier molecular flexibility index (Phi) is 6.48. The molecule has 3 fully saturated rings. The van der Waals surface area contributed by atoms with Gasteiger partial charge in [0.25, 0.3) is 0 Å². The van der Waals surface area contributed by atoms with E-state index < -0.39 is 62.4 Å². The second-order valence-electron chi connectivity index (χ2n) is 15.0. The minimum atomic E-state index is -1.95. The highest BCUT2D eigenvalue weighted by atomic mass is 16.3. The van der Waals surface area contributed by atoms with Gasteiger partial charge in [0.1, 0.15) is 11.4 Å². The van der Waals surface area contributed by atoms with Crippen molar-refractivity contribution in [3.63, 3.8) is 0 Å². The Balaban J connectivity index is 1.80. The van der Waals surface area contributed by atoms with Crippen LogP contribution in [0.5, 0.6) is 0 Å². The molecule has 10 atom stereocenters. The van der Waals surface area contributed by atoms with Crippen LogP contribution in [0.1, 0.15) is 88.0 Å². The van der Waals surface area contributed by atoms with Gasteiger partial charge in [-0.2, -0.15) is 0 Å². The second-order valence-corrected chi connectivity index (χ2v) is 15.0. The van der Waals surface area contributed by atoms with E-state index in [1.807, 2.05) is 27.7 Å². The largest absolute Gasteiger partial charge is 0.393 e. The van der Waals surface area contributed by atoms with E-state index in [0.717, 1.165) is 5.57 Å². The Bertz CT molecular complexity index is 1090. The first kappa shape index (κ1) is 29.6. The average Bonchev–Trinajstić information content (AvgIpc) is 2.96. The van der Waals surface area contributed by atoms with Crippen molar-refractivity contribution in [2.75, 3.05) is 0 Å². The fourth-order valence-corrected chi connectivity index (χ4v) is 9.27. The normalized spacial score (nSPS) is 48.1. The number of fused-ring (bicyclic) bond motifs is 5. The predicted molar refractivity (Wildman–Crippen MR) is 144 cm³/mol. The number of hydrogen-bond acceptors (Lipinski definition) is 7. The van der Waals surface area contributed by atoms with E-state index in [9.17, 15) is 35.1 Å². The lowest BCUT2D eigenvalue weighted by Gasteiger charge is -2.66. The monoisotopic (exact) mass is 532 g/mol. The van der Waals surface area contributed by atoms with Gasteiger partial charge < -0.3 is 25.5 Å². The summed E-state index contributed by atoms with van der Waals surface area (Å²) < 4.78 is 0. The molecule has 10 unspecified atom stereocenters. The maximum Gasteiger partial charge on any atom is 0.187 e. The maximum absolute atomic E-state index is 14.3. The third-order valence-corrected chi connectivity index (χ3v) is 12.1. The molecule has 4 aliphatic carbocycles. The minimum absolute atomic E-state index is 0.0111. The van der Waals surface area contributed by atoms with Crippen molar-refractivity contribution < 1.29 is 35.1 Å². The molecule has 3 saturated carbocycles. The molecular weight excluding hydrogens is 484 g/mol. The molecule has 0 heterocycles. The molecule has 0 spiro atoms. The van der Waals surface area contributed by atoms with Crippen molar-refractivity contribution >= 4 is 11.6 Å². The third kappa shape index (κ3) is 3.64. The summed E-state index contributed by atoms with van der Waals surface area (Å²) in [5.41, 5.74) is -6.52. The first-order chi connectivity index (χ1) is 17.0. The van der Waals surface area contributed by atoms with Crippen molar-refractivity contribution in [2.45, 2.75) is 117 Å². The zero-order valence-corrected chi connectivity index (χ0v) is 24.5. The van der Waals surface area contributed by atoms with Gasteiger partial charge in [-0.05, 0) is 75.7 Å². The van der Waals surface area contributed by atoms with E-state index in [1.54, 1.807) is 6.92 Å². The first-order valence-corrected chi connectivity index (χ1v) is 14.0. The van der Waals surface area contributed by atoms with Crippen LogP contribution < -0.4 is 0 Å². The Morgan fingerprint density at radius 2 is 1.61 bits per heavy atom. The number of rotatable bonds is 4. The summed E-state index contributed by atoms with van der Waals surface area (Å²) in [6, 6.07) is 0. The van der Waals surface area contributed by atoms with Crippen LogP contribution in [-0.2, 0) is 9.59 Å². The quantitative estimate of drug-likeness (QED) is 0.277. The SMILES string of the molecule is CC(C)(O)C=CC(=O)C(C)(O)C1C(O)CC2(C)C3CC=C4C(CC(O)C(C)(O)C4(C)C)C3(C)C(=O)CC12C. The fourth-order valence-electron chi connectivity index (χ4n) is 9.27. The van der Waals surface area contributed by atoms with Gasteiger partial charge in [0, 0.05) is 23.2 Å². The van der Waals surface area contributed by atoms with Gasteiger partial charge in [0.05, 0.1) is 23.4 Å². The lowest BCUT2D eigenvalue weighted by Crippen LogP contribution is -2.67. The molecule has 4 aliphatic rings. The Morgan fingerprint density at radius 3 is 2.16 bits per heavy atom. The number of carbonyl (C=O) groups excluding carboxylic acids is 2. The van der Waals surface area contributed by atoms with Crippen LogP contribution in [-0.4, -0.2) is 66.1 Å². The molecule has 0 radical (unpaired) electrons. The van der Waals surface area contributed by atoms with E-state index in [4.69, 9.17) is 0 Å². The molecule has 0 amide bonds. The molecular formula is C31H48O7. The number of Topliss-reactive ketones (excluding diaryl/α,β-unsaturated/α-hetero) is 1. The van der Waals surface area contributed by atoms with Crippen LogP contribution in [0.2, 0.25) is 0 Å². The smallest absolute Gasteiger partial charge is 0.187 e. The number of allylic oxidation sites excluding steroid dienone is 1. The molecule has 0 aromatic heterocycles. The van der Waals surface area contributed by atoms with E-state index >= 15 is 0 Å². The van der Waals surface area contributed by atoms with Crippen LogP contribution in [0.3, 0.4) is 0 Å². The first-order valence-electron chi connectivity index (χ1n) is 14.0. The van der Waals surface area contributed by atoms with Crippen LogP contribution >= 0.6 is 0 Å². The van der Waals surface area contributed by atoms with Crippen molar-refractivity contribution in [3.05, 3.63) is 23.8 Å². The standard InChI is InChI=1S/C31H48O7/c1-25(2,36)13-12-21(33)30(8,37)24-19(32)15-27(5)20-11-10-17-18(14-22(34)31(9,38)26(17,3)4)29(20,7)23(35)16-28(24,27)6/h10,12-13,18-20,22,24,32,34,36-38H,11,14-16H2,1-9H3. The molecule has 5 N–H and O–H groups in total. The third-order valence-electron chi connectivity index (χ3n) is 12.1. The van der Waals surface area contributed by atoms with Gasteiger partial charge in [-0.25, -0.2) is 0 Å². The molecule has 7 nitrogen and oxygen atoms in total. The number of hydrogen-bond donors (Lipinski definition) is 5. The van der Waals surface area contributed by atoms with Gasteiger partial charge in [-0.15, -0.1) is 0 Å². The molecule has 38 heavy (non-hydrogen) atoms. The summed E-state index contributed by atoms with van der Waals surface area (Å²) >= 11 is 0. The van der Waals surface area contributed by atoms with E-state index in [1.165, 1.54) is 32.9 Å². The number of aliphatic hydroxyl groups is 5. The molecule has 214 valence electrons. The van der Waals surface area contributed by atoms with Crippen molar-refractivity contribution in [1.82, 2.24) is 0 Å². The summed E-state index contributed by atoms with van der Waals surface area (Å²) in [6.45, 7) is 16.0. The topological polar surface area (TPSA) is 135 Å². The average molecular weight is 533 g/mol. The molecule has 0 aromatic carbocycles. The van der Waals surface area contributed by atoms with E-state index in [2.05, 4.69) is 13.0 Å². The number of ketones is 2. The molecule has 4 rings (SSSR count). The van der Waals surface area contributed by atoms with Gasteiger partial charge in [0.15, 0.2) is 5.78 Å². The molecule has 0 saturated heterocycles. The Hall–Kier alpha value is -1.38. The highest BCUT2D eigenvalue weighted by molar-refractivity contribution is 5.97. The summed E-state index contributed by atoms with van der Waals surface area (Å²) in [5.74, 6) is -1.92. The molecule has 0 aliphatic heterocycles. The second kappa shape index (κ2) is 8.32. The van der Waals surface area contributed by atoms with E-state index in [-0.39, 0.29) is 30.5 Å². The maximum atomic E-state index is 14.3. The summed E-state index contributed by atoms with van der Waals surface area (Å²) in [7, 11) is 0. The minimum Gasteiger partial charge on any atom is -0.393 e. The van der Waals surface area contributed by atoms with Crippen molar-refractivity contribution in [3.8, 4) is 0 Å². The van der Waals surface area contributed by atoms with Crippen LogP contribution in [0.4, 0.5) is 0 Å². The molecule has 7 heteroatoms. The van der Waals surface area contributed by atoms with E-state index in [0.29, 0.717) is 12.8 Å². The highest BCUT2D eigenvalue weighted by Crippen LogP contribution is 2.74. The zero-order valence-electron chi connectivity index (χ0n) is 24.5. The number of aliphatic hydroxyl groups excluding tert-OH is 2. The van der Waals surface area contributed by atoms with Gasteiger partial charge >= 0.3 is 0 Å². The Labute approximate surface area is 227 Å². The van der Waals surface area contributed by atoms with Crippen LogP contribution in [0, 0.1) is 39.4 Å². The fraction of sp³-hybridized carbons (Fsp3) is 0.806. The lowest BCUT2D eigenvalue weighted by molar-refractivity contribution is -0.196. The summed E-state index contributed by atoms with van der Waals surface area (Å²) in [5, 5.41) is 55.4. The van der Waals surface area contributed by atoms with Crippen molar-refractivity contribution in [1.29, 1.82) is 0 Å². The molecule has 0 bridgehead atoms. The highest BCUT2D eigenvalue weighted by Gasteiger charge is 2.75. The summed E-state index contributed by atoms with van der Waals surface area (Å²) in [6.07, 6.45) is 3.91. The lowest BCUT2D eigenvalue weighted by atomic mass is 9.37. The predicted octanol–water partition coefficient (Wildman–Crippen LogP) is 3.11. The van der Waals surface area contributed by atoms with Crippen LogP contribution in [0.15, 0.2) is 23.8 Å². The van der Waals surface area contributed by atoms with Gasteiger partial charge in [-0.3, -0.25) is 9.59 Å². The number of carbonyl (C=O) groups is 2. The zero-order chi connectivity index (χ0) is 29.1. The van der Waals surface area contributed by atoms with Crippen LogP contribution in [0.25, 0.3) is 0 Å². The van der Waals surface area contributed by atoms with Gasteiger partial charge in [-0.1, -0.05) is 52.3 Å². The van der Waals surface area contributed by atoms with Gasteiger partial charge in [0.2, 0.25) is 0 Å². The van der Waals surface area contributed by atoms with Crippen molar-refractivity contribution in [2.24, 2.45) is 39.4 Å².